The van der Waals surface area contributed by atoms with Crippen molar-refractivity contribution in [2.24, 2.45) is 11.7 Å². The Morgan fingerprint density at radius 1 is 1.17 bits per heavy atom. The third-order valence-electron chi connectivity index (χ3n) is 5.69. The van der Waals surface area contributed by atoms with Gasteiger partial charge in [0, 0.05) is 32.0 Å². The molecule has 3 amide bonds. The average molecular weight is 476 g/mol. The Kier molecular flexibility index (Phi) is 7.11. The molecule has 0 unspecified atom stereocenters. The van der Waals surface area contributed by atoms with Gasteiger partial charge in [0.2, 0.25) is 23.4 Å². The highest BCUT2D eigenvalue weighted by molar-refractivity contribution is 6.04. The minimum Gasteiger partial charge on any atom is -0.459 e. The fourth-order valence-corrected chi connectivity index (χ4v) is 3.87. The summed E-state index contributed by atoms with van der Waals surface area (Å²) < 4.78 is 11.1. The van der Waals surface area contributed by atoms with Gasteiger partial charge in [0.25, 0.3) is 11.8 Å². The molecule has 1 fully saturated rings. The molecule has 0 bridgehead atoms. The number of anilines is 2. The number of para-hydroxylation sites is 1. The second-order valence-corrected chi connectivity index (χ2v) is 8.03. The zero-order valence-corrected chi connectivity index (χ0v) is 18.8. The van der Waals surface area contributed by atoms with E-state index in [1.807, 2.05) is 11.0 Å². The van der Waals surface area contributed by atoms with Gasteiger partial charge >= 0.3 is 0 Å². The molecule has 35 heavy (non-hydrogen) atoms. The second-order valence-electron chi connectivity index (χ2n) is 8.03. The maximum atomic E-state index is 12.9. The van der Waals surface area contributed by atoms with E-state index in [0.717, 1.165) is 0 Å². The summed E-state index contributed by atoms with van der Waals surface area (Å²) in [6, 6.07) is 12.1. The molecule has 4 N–H and O–H groups in total. The minimum atomic E-state index is -0.511. The van der Waals surface area contributed by atoms with Gasteiger partial charge in [-0.25, -0.2) is 0 Å². The van der Waals surface area contributed by atoms with Gasteiger partial charge in [0.1, 0.15) is 6.07 Å². The van der Waals surface area contributed by atoms with E-state index in [9.17, 15) is 19.6 Å². The van der Waals surface area contributed by atoms with Crippen LogP contribution < -0.4 is 21.3 Å². The van der Waals surface area contributed by atoms with E-state index in [0.29, 0.717) is 48.8 Å². The van der Waals surface area contributed by atoms with Gasteiger partial charge < -0.3 is 30.1 Å². The summed E-state index contributed by atoms with van der Waals surface area (Å²) in [5.74, 6) is -0.379. The number of primary amides is 1. The van der Waals surface area contributed by atoms with Gasteiger partial charge in [0.15, 0.2) is 5.76 Å². The number of nitrogens with two attached hydrogens (primary N) is 1. The van der Waals surface area contributed by atoms with Crippen LogP contribution in [-0.2, 0) is 9.59 Å². The van der Waals surface area contributed by atoms with E-state index in [2.05, 4.69) is 15.6 Å². The highest BCUT2D eigenvalue weighted by Crippen LogP contribution is 2.31. The van der Waals surface area contributed by atoms with Crippen molar-refractivity contribution in [2.45, 2.75) is 19.3 Å². The number of furan rings is 1. The van der Waals surface area contributed by atoms with Crippen molar-refractivity contribution in [1.82, 2.24) is 10.3 Å². The van der Waals surface area contributed by atoms with Crippen LogP contribution >= 0.6 is 0 Å². The molecule has 0 saturated carbocycles. The van der Waals surface area contributed by atoms with Crippen LogP contribution in [0.2, 0.25) is 0 Å². The molecule has 11 nitrogen and oxygen atoms in total. The lowest BCUT2D eigenvalue weighted by Crippen LogP contribution is -2.38. The summed E-state index contributed by atoms with van der Waals surface area (Å²) in [6.45, 7) is 1.10. The summed E-state index contributed by atoms with van der Waals surface area (Å²) in [5.41, 5.74) is 5.95. The van der Waals surface area contributed by atoms with E-state index in [1.165, 1.54) is 6.26 Å². The highest BCUT2D eigenvalue weighted by Gasteiger charge is 2.30. The molecule has 3 heterocycles. The van der Waals surface area contributed by atoms with Crippen molar-refractivity contribution in [3.8, 4) is 17.7 Å². The first-order chi connectivity index (χ1) is 17.0. The molecular weight excluding hydrogens is 452 g/mol. The summed E-state index contributed by atoms with van der Waals surface area (Å²) >= 11 is 0. The number of aromatic nitrogens is 1. The van der Waals surface area contributed by atoms with E-state index in [-0.39, 0.29) is 36.4 Å². The number of piperidine rings is 1. The Labute approximate surface area is 200 Å². The standard InChI is InChI=1S/C24H24N6O5/c25-14-18-24(35-23(29-18)19-6-3-13-34-19)30-11-8-15(9-12-30)21(32)28-17-5-2-1-4-16(17)22(33)27-10-7-20(26)31/h1-6,13,15H,7-12H2,(H2,26,31)(H,27,33)(H,28,32). The Balaban J connectivity index is 1.37. The number of nitrogens with one attached hydrogen (secondary N) is 2. The third kappa shape index (κ3) is 5.50. The molecule has 4 rings (SSSR count). The van der Waals surface area contributed by atoms with Crippen LogP contribution in [0.15, 0.2) is 51.5 Å². The quantitative estimate of drug-likeness (QED) is 0.445. The molecule has 1 aromatic carbocycles. The van der Waals surface area contributed by atoms with E-state index in [1.54, 1.807) is 36.4 Å². The molecule has 1 aliphatic rings. The van der Waals surface area contributed by atoms with Gasteiger partial charge in [-0.3, -0.25) is 14.4 Å². The van der Waals surface area contributed by atoms with Crippen molar-refractivity contribution in [3.63, 3.8) is 0 Å². The first kappa shape index (κ1) is 23.6. The Morgan fingerprint density at radius 3 is 2.63 bits per heavy atom. The number of nitriles is 1. The van der Waals surface area contributed by atoms with Gasteiger partial charge in [-0.2, -0.15) is 10.2 Å². The minimum absolute atomic E-state index is 0.0283. The summed E-state index contributed by atoms with van der Waals surface area (Å²) in [4.78, 5) is 42.4. The molecule has 3 aromatic rings. The predicted molar refractivity (Wildman–Crippen MR) is 125 cm³/mol. The molecule has 0 atom stereocenters. The van der Waals surface area contributed by atoms with Crippen LogP contribution in [0.5, 0.6) is 0 Å². The molecular formula is C24H24N6O5. The van der Waals surface area contributed by atoms with Gasteiger partial charge in [0.05, 0.1) is 17.5 Å². The van der Waals surface area contributed by atoms with Crippen LogP contribution in [0.1, 0.15) is 35.3 Å². The SMILES string of the molecule is N#Cc1nc(-c2ccco2)oc1N1CCC(C(=O)Nc2ccccc2C(=O)NCCC(N)=O)CC1. The van der Waals surface area contributed by atoms with E-state index in [4.69, 9.17) is 14.6 Å². The lowest BCUT2D eigenvalue weighted by molar-refractivity contribution is -0.120. The topological polar surface area (TPSA) is 167 Å². The van der Waals surface area contributed by atoms with Crippen molar-refractivity contribution >= 4 is 29.3 Å². The van der Waals surface area contributed by atoms with E-state index >= 15 is 0 Å². The molecule has 1 aliphatic heterocycles. The Morgan fingerprint density at radius 2 is 1.94 bits per heavy atom. The van der Waals surface area contributed by atoms with Crippen LogP contribution in [0, 0.1) is 17.2 Å². The Bertz CT molecular complexity index is 1250. The van der Waals surface area contributed by atoms with Crippen molar-refractivity contribution in [1.29, 1.82) is 5.26 Å². The number of hydrogen-bond acceptors (Lipinski definition) is 8. The van der Waals surface area contributed by atoms with Crippen LogP contribution in [0.4, 0.5) is 11.6 Å². The molecule has 180 valence electrons. The molecule has 2 aromatic heterocycles. The van der Waals surface area contributed by atoms with Gasteiger partial charge in [-0.15, -0.1) is 0 Å². The maximum Gasteiger partial charge on any atom is 0.266 e. The van der Waals surface area contributed by atoms with Crippen LogP contribution in [-0.4, -0.2) is 42.3 Å². The zero-order chi connectivity index (χ0) is 24.8. The molecule has 0 radical (unpaired) electrons. The van der Waals surface area contributed by atoms with Crippen LogP contribution in [0.25, 0.3) is 11.7 Å². The summed E-state index contributed by atoms with van der Waals surface area (Å²) in [6.07, 6.45) is 2.58. The number of oxazole rings is 1. The fourth-order valence-electron chi connectivity index (χ4n) is 3.87. The number of amides is 3. The van der Waals surface area contributed by atoms with Gasteiger partial charge in [-0.05, 0) is 37.1 Å². The third-order valence-corrected chi connectivity index (χ3v) is 5.69. The normalized spacial score (nSPS) is 13.7. The fraction of sp³-hybridized carbons (Fsp3) is 0.292. The summed E-state index contributed by atoms with van der Waals surface area (Å²) in [7, 11) is 0. The molecule has 1 saturated heterocycles. The predicted octanol–water partition coefficient (Wildman–Crippen LogP) is 2.27. The Hall–Kier alpha value is -4.59. The number of carbonyl (C=O) groups excluding carboxylic acids is 3. The largest absolute Gasteiger partial charge is 0.459 e. The van der Waals surface area contributed by atoms with Crippen LogP contribution in [0.3, 0.4) is 0 Å². The van der Waals surface area contributed by atoms with Crippen molar-refractivity contribution in [3.05, 3.63) is 53.9 Å². The first-order valence-corrected chi connectivity index (χ1v) is 11.1. The maximum absolute atomic E-state index is 12.9. The van der Waals surface area contributed by atoms with Gasteiger partial charge in [-0.1, -0.05) is 12.1 Å². The number of carbonyl (C=O) groups is 3. The smallest absolute Gasteiger partial charge is 0.266 e. The molecule has 11 heteroatoms. The lowest BCUT2D eigenvalue weighted by Gasteiger charge is -2.31. The number of nitrogens with zero attached hydrogens (tertiary/aromatic N) is 3. The number of hydrogen-bond donors (Lipinski definition) is 3. The average Bonchev–Trinajstić information content (AvgIpc) is 3.54. The van der Waals surface area contributed by atoms with Crippen molar-refractivity contribution < 1.29 is 23.2 Å². The zero-order valence-electron chi connectivity index (χ0n) is 18.8. The summed E-state index contributed by atoms with van der Waals surface area (Å²) in [5, 5.41) is 14.9. The van der Waals surface area contributed by atoms with E-state index < -0.39 is 11.8 Å². The first-order valence-electron chi connectivity index (χ1n) is 11.1. The molecule has 0 aliphatic carbocycles. The second kappa shape index (κ2) is 10.6. The number of benzene rings is 1. The monoisotopic (exact) mass is 476 g/mol. The highest BCUT2D eigenvalue weighted by atomic mass is 16.4. The lowest BCUT2D eigenvalue weighted by atomic mass is 9.95. The molecule has 0 spiro atoms. The van der Waals surface area contributed by atoms with Crippen molar-refractivity contribution in [2.75, 3.05) is 29.9 Å². The number of rotatable bonds is 8.